The molecule has 0 fully saturated rings. The predicted molar refractivity (Wildman–Crippen MR) is 62.2 cm³/mol. The zero-order valence-corrected chi connectivity index (χ0v) is 10.8. The maximum atomic E-state index is 12.8. The molecule has 0 aliphatic rings. The number of Topliss-reactive ketones (excluding diaryl/α,β-unsaturated/α-hetero) is 1. The Morgan fingerprint density at radius 2 is 1.36 bits per heavy atom. The van der Waals surface area contributed by atoms with Crippen molar-refractivity contribution in [2.45, 2.75) is 25.2 Å². The van der Waals surface area contributed by atoms with Crippen molar-refractivity contribution in [3.05, 3.63) is 35.9 Å². The van der Waals surface area contributed by atoms with Crippen molar-refractivity contribution in [2.24, 2.45) is 5.41 Å². The van der Waals surface area contributed by atoms with Gasteiger partial charge in [0.1, 0.15) is 0 Å². The molecule has 0 spiro atoms. The highest BCUT2D eigenvalue weighted by atomic mass is 19.4. The van der Waals surface area contributed by atoms with Gasteiger partial charge in [-0.3, -0.25) is 9.59 Å². The summed E-state index contributed by atoms with van der Waals surface area (Å²) < 4.78 is 76.6. The molecule has 0 aromatic heterocycles. The van der Waals surface area contributed by atoms with E-state index in [0.717, 1.165) is 0 Å². The smallest absolute Gasteiger partial charge is 0.413 e. The summed E-state index contributed by atoms with van der Waals surface area (Å²) in [5, 5.41) is 8.53. The monoisotopic (exact) mass is 328 g/mol. The van der Waals surface area contributed by atoms with Gasteiger partial charge in [0.2, 0.25) is 0 Å². The summed E-state index contributed by atoms with van der Waals surface area (Å²) in [4.78, 5) is 22.4. The zero-order chi connectivity index (χ0) is 17.2. The van der Waals surface area contributed by atoms with Crippen LogP contribution < -0.4 is 0 Å². The highest BCUT2D eigenvalue weighted by Gasteiger charge is 2.75. The Bertz CT molecular complexity index is 533. The van der Waals surface area contributed by atoms with Crippen LogP contribution >= 0.6 is 0 Å². The summed E-state index contributed by atoms with van der Waals surface area (Å²) in [6.45, 7) is 0. The van der Waals surface area contributed by atoms with Gasteiger partial charge in [-0.25, -0.2) is 0 Å². The molecule has 0 saturated carbocycles. The van der Waals surface area contributed by atoms with Crippen LogP contribution in [-0.4, -0.2) is 29.2 Å². The van der Waals surface area contributed by atoms with Crippen molar-refractivity contribution in [2.75, 3.05) is 0 Å². The second kappa shape index (κ2) is 5.98. The van der Waals surface area contributed by atoms with Gasteiger partial charge in [0.05, 0.1) is 0 Å². The Morgan fingerprint density at radius 1 is 0.909 bits per heavy atom. The van der Waals surface area contributed by atoms with E-state index >= 15 is 0 Å². The average Bonchev–Trinajstić information content (AvgIpc) is 2.36. The molecule has 22 heavy (non-hydrogen) atoms. The third kappa shape index (κ3) is 3.23. The Balaban J connectivity index is 3.11. The van der Waals surface area contributed by atoms with Crippen LogP contribution in [0.15, 0.2) is 30.3 Å². The molecule has 0 unspecified atom stereocenters. The maximum absolute atomic E-state index is 12.8. The van der Waals surface area contributed by atoms with Crippen molar-refractivity contribution >= 4 is 11.8 Å². The lowest BCUT2D eigenvalue weighted by atomic mass is 9.80. The van der Waals surface area contributed by atoms with Crippen LogP contribution in [0.4, 0.5) is 26.3 Å². The molecule has 1 aromatic rings. The zero-order valence-electron chi connectivity index (χ0n) is 10.8. The minimum Gasteiger partial charge on any atom is -0.480 e. The van der Waals surface area contributed by atoms with Gasteiger partial charge in [-0.1, -0.05) is 30.3 Å². The van der Waals surface area contributed by atoms with E-state index in [1.165, 1.54) is 30.3 Å². The van der Waals surface area contributed by atoms with Gasteiger partial charge < -0.3 is 5.11 Å². The highest BCUT2D eigenvalue weighted by Crippen LogP contribution is 2.53. The SMILES string of the molecule is O=C(CCC(C(=O)O)(C(F)(F)F)C(F)(F)F)c1ccccc1. The summed E-state index contributed by atoms with van der Waals surface area (Å²) in [6.07, 6.45) is -15.3. The molecule has 0 radical (unpaired) electrons. The number of hydrogen-bond acceptors (Lipinski definition) is 2. The number of carboxylic acid groups (broad SMARTS) is 1. The minimum absolute atomic E-state index is 0.0915. The van der Waals surface area contributed by atoms with Gasteiger partial charge in [0.25, 0.3) is 5.41 Å². The molecule has 0 aliphatic heterocycles. The Kier molecular flexibility index (Phi) is 4.89. The average molecular weight is 328 g/mol. The van der Waals surface area contributed by atoms with E-state index < -0.39 is 42.4 Å². The number of carboxylic acids is 1. The topological polar surface area (TPSA) is 54.4 Å². The van der Waals surface area contributed by atoms with Crippen LogP contribution in [0.5, 0.6) is 0 Å². The molecule has 0 bridgehead atoms. The highest BCUT2D eigenvalue weighted by molar-refractivity contribution is 5.96. The first-order chi connectivity index (χ1) is 9.93. The van der Waals surface area contributed by atoms with Gasteiger partial charge in [0.15, 0.2) is 5.78 Å². The summed E-state index contributed by atoms with van der Waals surface area (Å²) in [5.41, 5.74) is -5.06. The molecule has 0 heterocycles. The number of rotatable bonds is 5. The number of hydrogen-bond donors (Lipinski definition) is 1. The molecular weight excluding hydrogens is 318 g/mol. The third-order valence-electron chi connectivity index (χ3n) is 3.16. The molecule has 1 rings (SSSR count). The lowest BCUT2D eigenvalue weighted by Crippen LogP contribution is -2.55. The fourth-order valence-electron chi connectivity index (χ4n) is 1.86. The second-order valence-corrected chi connectivity index (χ2v) is 4.50. The van der Waals surface area contributed by atoms with Gasteiger partial charge in [-0.15, -0.1) is 0 Å². The summed E-state index contributed by atoms with van der Waals surface area (Å²) in [6, 6.07) is 6.69. The summed E-state index contributed by atoms with van der Waals surface area (Å²) in [5.74, 6) is -4.08. The Hall–Kier alpha value is -2.06. The van der Waals surface area contributed by atoms with Gasteiger partial charge >= 0.3 is 18.3 Å². The Morgan fingerprint density at radius 3 is 1.73 bits per heavy atom. The van der Waals surface area contributed by atoms with Crippen LogP contribution in [0.2, 0.25) is 0 Å². The van der Waals surface area contributed by atoms with Crippen molar-refractivity contribution in [3.63, 3.8) is 0 Å². The van der Waals surface area contributed by atoms with Crippen molar-refractivity contribution in [1.29, 1.82) is 0 Å². The fraction of sp³-hybridized carbons (Fsp3) is 0.385. The molecule has 3 nitrogen and oxygen atoms in total. The molecule has 0 saturated heterocycles. The first-order valence-corrected chi connectivity index (χ1v) is 5.88. The van der Waals surface area contributed by atoms with Crippen molar-refractivity contribution < 1.29 is 41.0 Å². The normalized spacial score (nSPS) is 13.0. The van der Waals surface area contributed by atoms with Crippen LogP contribution in [0.1, 0.15) is 23.2 Å². The van der Waals surface area contributed by atoms with E-state index in [-0.39, 0.29) is 5.56 Å². The van der Waals surface area contributed by atoms with E-state index in [4.69, 9.17) is 5.11 Å². The number of alkyl halides is 6. The van der Waals surface area contributed by atoms with E-state index in [0.29, 0.717) is 0 Å². The molecule has 122 valence electrons. The maximum Gasteiger partial charge on any atom is 0.413 e. The van der Waals surface area contributed by atoms with E-state index in [2.05, 4.69) is 0 Å². The first kappa shape index (κ1) is 18.0. The third-order valence-corrected chi connectivity index (χ3v) is 3.16. The van der Waals surface area contributed by atoms with Crippen LogP contribution in [-0.2, 0) is 4.79 Å². The van der Waals surface area contributed by atoms with Crippen LogP contribution in [0.25, 0.3) is 0 Å². The summed E-state index contributed by atoms with van der Waals surface area (Å²) in [7, 11) is 0. The number of carbonyl (C=O) groups excluding carboxylic acids is 1. The number of aliphatic carboxylic acids is 1. The van der Waals surface area contributed by atoms with Gasteiger partial charge in [0, 0.05) is 12.0 Å². The predicted octanol–water partition coefficient (Wildman–Crippen LogP) is 3.85. The molecule has 0 amide bonds. The van der Waals surface area contributed by atoms with Gasteiger partial charge in [-0.2, -0.15) is 26.3 Å². The minimum atomic E-state index is -6.08. The van der Waals surface area contributed by atoms with Crippen LogP contribution in [0, 0.1) is 5.41 Å². The molecule has 0 atom stereocenters. The molecular formula is C13H10F6O3. The fourth-order valence-corrected chi connectivity index (χ4v) is 1.86. The Labute approximate surface area is 120 Å². The standard InChI is InChI=1S/C13H10F6O3/c14-12(15,16)11(10(21)22,13(17,18)19)7-6-9(20)8-4-2-1-3-5-8/h1-5H,6-7H2,(H,21,22). The molecule has 1 N–H and O–H groups in total. The molecule has 0 aliphatic carbocycles. The van der Waals surface area contributed by atoms with Crippen molar-refractivity contribution in [3.8, 4) is 0 Å². The number of carbonyl (C=O) groups is 2. The van der Waals surface area contributed by atoms with Gasteiger partial charge in [-0.05, 0) is 6.42 Å². The van der Waals surface area contributed by atoms with Crippen LogP contribution in [0.3, 0.4) is 0 Å². The van der Waals surface area contributed by atoms with E-state index in [1.807, 2.05) is 0 Å². The lowest BCUT2D eigenvalue weighted by Gasteiger charge is -2.33. The first-order valence-electron chi connectivity index (χ1n) is 5.88. The number of benzene rings is 1. The quantitative estimate of drug-likeness (QED) is 0.660. The largest absolute Gasteiger partial charge is 0.480 e. The number of halogens is 6. The van der Waals surface area contributed by atoms with Crippen molar-refractivity contribution in [1.82, 2.24) is 0 Å². The van der Waals surface area contributed by atoms with E-state index in [9.17, 15) is 35.9 Å². The molecule has 9 heteroatoms. The summed E-state index contributed by atoms with van der Waals surface area (Å²) >= 11 is 0. The second-order valence-electron chi connectivity index (χ2n) is 4.50. The lowest BCUT2D eigenvalue weighted by molar-refractivity contribution is -0.332. The molecule has 1 aromatic carbocycles. The number of ketones is 1. The van der Waals surface area contributed by atoms with E-state index in [1.54, 1.807) is 0 Å².